The van der Waals surface area contributed by atoms with E-state index < -0.39 is 174 Å². The molecule has 1 rings (SSSR count). The molecule has 0 aromatic carbocycles. The predicted octanol–water partition coefficient (Wildman–Crippen LogP) is -3.84. The van der Waals surface area contributed by atoms with E-state index in [9.17, 15) is 75.9 Å². The van der Waals surface area contributed by atoms with Crippen LogP contribution in [-0.2, 0) is 67.6 Å². The highest BCUT2D eigenvalue weighted by Crippen LogP contribution is 2.14. The molecule has 9 amide bonds. The molecular weight excluding hydrogens is 1030 g/mol. The largest absolute Gasteiger partial charge is 0.459 e. The maximum atomic E-state index is 14.1. The summed E-state index contributed by atoms with van der Waals surface area (Å²) in [6, 6.07) is -12.6. The van der Waals surface area contributed by atoms with Crippen molar-refractivity contribution >= 4 is 75.0 Å². The van der Waals surface area contributed by atoms with Crippen LogP contribution in [0.25, 0.3) is 0 Å². The fourth-order valence-electron chi connectivity index (χ4n) is 7.66. The number of esters is 1. The van der Waals surface area contributed by atoms with E-state index in [0.29, 0.717) is 25.2 Å². The lowest BCUT2D eigenvalue weighted by molar-refractivity contribution is -0.156. The number of Topliss-reactive ketones (excluding diaryl/α,β-unsaturated/α-hetero) is 1. The number of allylic oxidation sites excluding steroid dienone is 1. The van der Waals surface area contributed by atoms with E-state index in [-0.39, 0.29) is 25.8 Å². The summed E-state index contributed by atoms with van der Waals surface area (Å²) in [5.41, 5.74) is 11.0. The molecular formula is C48H83N11O17S. The summed E-state index contributed by atoms with van der Waals surface area (Å²) in [6.07, 6.45) is 5.31. The van der Waals surface area contributed by atoms with Crippen molar-refractivity contribution in [3.63, 3.8) is 0 Å². The van der Waals surface area contributed by atoms with Gasteiger partial charge in [-0.3, -0.25) is 57.3 Å². The van der Waals surface area contributed by atoms with Gasteiger partial charge in [0.1, 0.15) is 72.2 Å². The van der Waals surface area contributed by atoms with Crippen LogP contribution in [0.5, 0.6) is 0 Å². The SMILES string of the molecule is C/C=C1\NC(=O)C(CN)NC(=O)C(CO)NC(=O)C(NC(=O)C(CS(=O)(=O)O)NC(=O)CC(=O)CCCCCCCCC(C)C)C(C)OC(=O)CN(C)C(=O)C(CCCCN)NC(=O)C(CO)NC(=O)C(C(C)C)NC1=O. The van der Waals surface area contributed by atoms with Gasteiger partial charge in [0.2, 0.25) is 47.3 Å². The van der Waals surface area contributed by atoms with Crippen LogP contribution in [0.1, 0.15) is 119 Å². The van der Waals surface area contributed by atoms with Gasteiger partial charge in [-0.05, 0) is 57.9 Å². The van der Waals surface area contributed by atoms with Gasteiger partial charge in [0.25, 0.3) is 16.0 Å². The number of carbonyl (C=O) groups excluding carboxylic acids is 11. The summed E-state index contributed by atoms with van der Waals surface area (Å²) in [5.74, 6) is -13.7. The molecule has 0 aromatic heterocycles. The molecule has 0 saturated carbocycles. The van der Waals surface area contributed by atoms with Gasteiger partial charge in [-0.25, -0.2) is 0 Å². The number of amides is 9. The second kappa shape index (κ2) is 35.3. The van der Waals surface area contributed by atoms with Crippen molar-refractivity contribution in [2.24, 2.45) is 23.3 Å². The minimum absolute atomic E-state index is 0.00298. The van der Waals surface area contributed by atoms with Crippen molar-refractivity contribution in [2.45, 2.75) is 167 Å². The number of carbonyl (C=O) groups is 11. The van der Waals surface area contributed by atoms with Crippen LogP contribution in [0, 0.1) is 11.8 Å². The average molecular weight is 1120 g/mol. The van der Waals surface area contributed by atoms with Crippen molar-refractivity contribution in [1.82, 2.24) is 47.4 Å². The fourth-order valence-corrected chi connectivity index (χ4v) is 8.32. The van der Waals surface area contributed by atoms with Gasteiger partial charge in [0, 0.05) is 20.0 Å². The molecule has 1 saturated heterocycles. The van der Waals surface area contributed by atoms with E-state index >= 15 is 0 Å². The zero-order chi connectivity index (χ0) is 58.6. The van der Waals surface area contributed by atoms with E-state index in [2.05, 4.69) is 56.4 Å². The Hall–Kier alpha value is -6.14. The molecule has 0 spiro atoms. The zero-order valence-electron chi connectivity index (χ0n) is 45.1. The van der Waals surface area contributed by atoms with E-state index in [1.54, 1.807) is 0 Å². The third-order valence-electron chi connectivity index (χ3n) is 12.1. The Morgan fingerprint density at radius 1 is 0.766 bits per heavy atom. The quantitative estimate of drug-likeness (QED) is 0.0145. The Labute approximate surface area is 449 Å². The number of nitrogens with zero attached hydrogens (tertiary/aromatic N) is 1. The maximum absolute atomic E-state index is 14.1. The number of unbranched alkanes of at least 4 members (excludes halogenated alkanes) is 6. The van der Waals surface area contributed by atoms with E-state index in [4.69, 9.17) is 16.2 Å². The molecule has 8 unspecified atom stereocenters. The first kappa shape index (κ1) is 68.9. The summed E-state index contributed by atoms with van der Waals surface area (Å²) in [6.45, 7) is 6.17. The minimum Gasteiger partial charge on any atom is -0.459 e. The smallest absolute Gasteiger partial charge is 0.325 e. The molecule has 0 radical (unpaired) electrons. The van der Waals surface area contributed by atoms with E-state index in [1.165, 1.54) is 20.8 Å². The first-order chi connectivity index (χ1) is 36.1. The molecule has 77 heavy (non-hydrogen) atoms. The van der Waals surface area contributed by atoms with Gasteiger partial charge >= 0.3 is 5.97 Å². The summed E-state index contributed by atoms with van der Waals surface area (Å²) >= 11 is 0. The van der Waals surface area contributed by atoms with Crippen LogP contribution < -0.4 is 54.0 Å². The number of nitrogens with two attached hydrogens (primary N) is 2. The monoisotopic (exact) mass is 1120 g/mol. The molecule has 15 N–H and O–H groups in total. The van der Waals surface area contributed by atoms with Crippen LogP contribution in [0.2, 0.25) is 0 Å². The number of aliphatic hydroxyl groups is 2. The van der Waals surface area contributed by atoms with Gasteiger partial charge in [0.05, 0.1) is 19.6 Å². The number of cyclic esters (lactones) is 1. The zero-order valence-corrected chi connectivity index (χ0v) is 46.0. The molecule has 28 nitrogen and oxygen atoms in total. The van der Waals surface area contributed by atoms with Crippen molar-refractivity contribution in [2.75, 3.05) is 45.6 Å². The van der Waals surface area contributed by atoms with Crippen LogP contribution >= 0.6 is 0 Å². The number of rotatable bonds is 24. The Morgan fingerprint density at radius 3 is 1.86 bits per heavy atom. The Morgan fingerprint density at radius 2 is 1.32 bits per heavy atom. The number of ketones is 1. The van der Waals surface area contributed by atoms with Gasteiger partial charge in [-0.2, -0.15) is 8.42 Å². The van der Waals surface area contributed by atoms with Crippen LogP contribution in [0.4, 0.5) is 0 Å². The molecule has 1 aliphatic rings. The van der Waals surface area contributed by atoms with E-state index in [1.807, 2.05) is 0 Å². The summed E-state index contributed by atoms with van der Waals surface area (Å²) in [5, 5.41) is 38.4. The summed E-state index contributed by atoms with van der Waals surface area (Å²) in [4.78, 5) is 150. The van der Waals surface area contributed by atoms with Gasteiger partial charge < -0.3 is 73.9 Å². The normalized spacial score (nSPS) is 23.3. The highest BCUT2D eigenvalue weighted by atomic mass is 32.2. The summed E-state index contributed by atoms with van der Waals surface area (Å²) < 4.78 is 39.5. The lowest BCUT2D eigenvalue weighted by Gasteiger charge is -2.29. The van der Waals surface area contributed by atoms with Crippen LogP contribution in [0.3, 0.4) is 0 Å². The average Bonchev–Trinajstić information content (AvgIpc) is 3.34. The predicted molar refractivity (Wildman–Crippen MR) is 277 cm³/mol. The number of nitrogens with one attached hydrogen (secondary N) is 8. The Bertz CT molecular complexity index is 2180. The third-order valence-corrected chi connectivity index (χ3v) is 12.8. The molecule has 0 bridgehead atoms. The second-order valence-corrected chi connectivity index (χ2v) is 21.0. The third kappa shape index (κ3) is 26.2. The molecule has 0 aromatic rings. The maximum Gasteiger partial charge on any atom is 0.325 e. The molecule has 1 heterocycles. The lowest BCUT2D eigenvalue weighted by Crippen LogP contribution is -2.63. The number of ether oxygens (including phenoxy) is 1. The van der Waals surface area contributed by atoms with E-state index in [0.717, 1.165) is 57.1 Å². The van der Waals surface area contributed by atoms with Gasteiger partial charge in [0.15, 0.2) is 0 Å². The highest BCUT2D eigenvalue weighted by Gasteiger charge is 2.38. The number of hydrogen-bond acceptors (Lipinski definition) is 18. The lowest BCUT2D eigenvalue weighted by atomic mass is 10.0. The minimum atomic E-state index is -5.10. The van der Waals surface area contributed by atoms with Crippen molar-refractivity contribution in [3.8, 4) is 0 Å². The molecule has 438 valence electrons. The van der Waals surface area contributed by atoms with Gasteiger partial charge in [-0.15, -0.1) is 0 Å². The number of hydrogen-bond donors (Lipinski definition) is 13. The molecule has 8 atom stereocenters. The van der Waals surface area contributed by atoms with Crippen molar-refractivity contribution < 1.29 is 80.7 Å². The fraction of sp³-hybridized carbons (Fsp3) is 0.729. The molecule has 1 aliphatic heterocycles. The topological polar surface area (TPSA) is 443 Å². The van der Waals surface area contributed by atoms with Crippen LogP contribution in [-0.4, -0.2) is 187 Å². The molecule has 29 heteroatoms. The Kier molecular flexibility index (Phi) is 31.6. The van der Waals surface area contributed by atoms with Gasteiger partial charge in [-0.1, -0.05) is 72.3 Å². The highest BCUT2D eigenvalue weighted by molar-refractivity contribution is 7.85. The van der Waals surface area contributed by atoms with Crippen molar-refractivity contribution in [3.05, 3.63) is 11.8 Å². The molecule has 0 aliphatic carbocycles. The second-order valence-electron chi connectivity index (χ2n) is 19.5. The molecule has 1 fully saturated rings. The summed E-state index contributed by atoms with van der Waals surface area (Å²) in [7, 11) is -3.96. The number of likely N-dealkylation sites (N-methyl/N-ethyl adjacent to an activating group) is 1. The first-order valence-corrected chi connectivity index (χ1v) is 27.4. The Balaban J connectivity index is 3.73. The van der Waals surface area contributed by atoms with Crippen LogP contribution in [0.15, 0.2) is 11.8 Å². The first-order valence-electron chi connectivity index (χ1n) is 25.8. The van der Waals surface area contributed by atoms with Crippen molar-refractivity contribution in [1.29, 1.82) is 0 Å². The number of aliphatic hydroxyl groups excluding tert-OH is 2. The standard InChI is InChI=1S/C48H83N11O17S/c1-8-31-41(65)57-39(28(4)5)46(70)55-34(24-60)43(67)53-32(19-15-16-20-49)48(72)59(7)23-38(64)76-29(6)40(47(71)56-35(25-61)44(68)54-33(22-50)42(66)52-31)58-45(69)36(26-77(73,74)75)51-37(63)21-30(62)18-14-12-10-9-11-13-17-27(2)3/h8,27-29,32-36,39-40,60-61H,9-26,49-50H2,1-7H3,(H,51,63)(H,52,66)(H,53,67)(H,54,68)(H,55,70)(H,56,71)(H,57,65)(H,58,69)(H,73,74,75)/b31-8-.